The van der Waals surface area contributed by atoms with Crippen molar-refractivity contribution >= 4 is 23.4 Å². The number of nitrogens with zero attached hydrogens (tertiary/aromatic N) is 4. The summed E-state index contributed by atoms with van der Waals surface area (Å²) in [7, 11) is 0. The van der Waals surface area contributed by atoms with Crippen LogP contribution in [0.15, 0.2) is 41.6 Å². The van der Waals surface area contributed by atoms with Crippen molar-refractivity contribution in [3.8, 4) is 11.1 Å². The highest BCUT2D eigenvalue weighted by atomic mass is 35.5. The van der Waals surface area contributed by atoms with Gasteiger partial charge in [-0.1, -0.05) is 18.5 Å². The van der Waals surface area contributed by atoms with Gasteiger partial charge in [-0.05, 0) is 31.4 Å². The van der Waals surface area contributed by atoms with E-state index in [-0.39, 0.29) is 29.5 Å². The molecular weight excluding hydrogens is 423 g/mol. The number of urea groups is 1. The van der Waals surface area contributed by atoms with E-state index in [9.17, 15) is 14.0 Å². The normalized spacial score (nSPS) is 17.9. The van der Waals surface area contributed by atoms with Crippen LogP contribution >= 0.6 is 11.6 Å². The highest BCUT2D eigenvalue weighted by Gasteiger charge is 2.36. The molecule has 0 bridgehead atoms. The van der Waals surface area contributed by atoms with Crippen molar-refractivity contribution in [1.29, 1.82) is 0 Å². The summed E-state index contributed by atoms with van der Waals surface area (Å²) in [6, 6.07) is 3.58. The first kappa shape index (κ1) is 20.9. The number of hydrogen-bond donors (Lipinski definition) is 2. The Kier molecular flexibility index (Phi) is 5.69. The van der Waals surface area contributed by atoms with Crippen molar-refractivity contribution in [1.82, 2.24) is 25.1 Å². The minimum Gasteiger partial charge on any atom is -0.313 e. The number of hydrogen-bond acceptors (Lipinski definition) is 5. The first-order chi connectivity index (χ1) is 14.9. The highest BCUT2D eigenvalue weighted by Crippen LogP contribution is 2.34. The van der Waals surface area contributed by atoms with Gasteiger partial charge in [0.1, 0.15) is 11.6 Å². The quantitative estimate of drug-likeness (QED) is 0.639. The fourth-order valence-electron chi connectivity index (χ4n) is 3.94. The Morgan fingerprint density at radius 3 is 2.84 bits per heavy atom. The van der Waals surface area contributed by atoms with Crippen LogP contribution in [-0.4, -0.2) is 37.1 Å². The molecule has 3 aromatic heterocycles. The van der Waals surface area contributed by atoms with Crippen LogP contribution in [-0.2, 0) is 6.42 Å². The summed E-state index contributed by atoms with van der Waals surface area (Å²) in [6.07, 6.45) is 5.21. The van der Waals surface area contributed by atoms with Gasteiger partial charge >= 0.3 is 6.03 Å². The molecule has 1 aliphatic heterocycles. The Labute approximate surface area is 182 Å². The van der Waals surface area contributed by atoms with Crippen molar-refractivity contribution in [2.24, 2.45) is 0 Å². The monoisotopic (exact) mass is 442 g/mol. The molecule has 0 spiro atoms. The number of halogens is 2. The largest absolute Gasteiger partial charge is 0.323 e. The molecule has 4 heterocycles. The molecule has 0 aromatic carbocycles. The molecule has 31 heavy (non-hydrogen) atoms. The fourth-order valence-corrected chi connectivity index (χ4v) is 4.20. The van der Waals surface area contributed by atoms with Gasteiger partial charge in [-0.15, -0.1) is 0 Å². The zero-order valence-electron chi connectivity index (χ0n) is 16.9. The van der Waals surface area contributed by atoms with Crippen LogP contribution in [0, 0.1) is 5.82 Å². The predicted octanol–water partition coefficient (Wildman–Crippen LogP) is 3.95. The number of pyridine rings is 2. The lowest BCUT2D eigenvalue weighted by Crippen LogP contribution is -2.48. The Hall–Kier alpha value is -3.33. The smallest absolute Gasteiger partial charge is 0.313 e. The van der Waals surface area contributed by atoms with Crippen LogP contribution in [0.25, 0.3) is 11.1 Å². The molecule has 1 aliphatic rings. The Morgan fingerprint density at radius 1 is 1.32 bits per heavy atom. The molecule has 0 fully saturated rings. The summed E-state index contributed by atoms with van der Waals surface area (Å²) in [5.41, 5.74) is 2.28. The number of amides is 2. The molecule has 8 nitrogen and oxygen atoms in total. The van der Waals surface area contributed by atoms with Crippen LogP contribution in [0.1, 0.15) is 37.6 Å². The third kappa shape index (κ3) is 4.13. The maximum Gasteiger partial charge on any atom is 0.323 e. The van der Waals surface area contributed by atoms with Gasteiger partial charge in [0.15, 0.2) is 0 Å². The molecule has 4 rings (SSSR count). The molecular formula is C21H20ClFN6O2. The third-order valence-corrected chi connectivity index (χ3v) is 5.60. The number of rotatable bonds is 3. The minimum atomic E-state index is -0.481. The first-order valence-electron chi connectivity index (χ1n) is 9.81. The van der Waals surface area contributed by atoms with E-state index in [2.05, 4.69) is 25.5 Å². The number of carbonyl (C=O) groups is 1. The van der Waals surface area contributed by atoms with Crippen LogP contribution < -0.4 is 10.9 Å². The number of nitrogens with one attached hydrogen (secondary N) is 2. The molecule has 3 aromatic rings. The van der Waals surface area contributed by atoms with Crippen molar-refractivity contribution < 1.29 is 9.18 Å². The lowest BCUT2D eigenvalue weighted by atomic mass is 9.92. The summed E-state index contributed by atoms with van der Waals surface area (Å²) < 4.78 is 13.5. The molecule has 2 unspecified atom stereocenters. The van der Waals surface area contributed by atoms with E-state index in [1.54, 1.807) is 4.90 Å². The molecule has 0 radical (unpaired) electrons. The van der Waals surface area contributed by atoms with Crippen LogP contribution in [0.3, 0.4) is 0 Å². The number of carbonyl (C=O) groups excluding carboxylic acids is 1. The van der Waals surface area contributed by atoms with E-state index in [0.29, 0.717) is 34.7 Å². The first-order valence-corrected chi connectivity index (χ1v) is 10.2. The topological polar surface area (TPSA) is 104 Å². The van der Waals surface area contributed by atoms with E-state index in [4.69, 9.17) is 11.6 Å². The van der Waals surface area contributed by atoms with Gasteiger partial charge in [0, 0.05) is 41.7 Å². The van der Waals surface area contributed by atoms with Crippen LogP contribution in [0.5, 0.6) is 0 Å². The van der Waals surface area contributed by atoms with Gasteiger partial charge in [0.05, 0.1) is 23.0 Å². The average Bonchev–Trinajstić information content (AvgIpc) is 2.72. The molecule has 2 atom stereocenters. The molecule has 0 aliphatic carbocycles. The second-order valence-electron chi connectivity index (χ2n) is 7.40. The zero-order chi connectivity index (χ0) is 22.1. The molecule has 2 N–H and O–H groups in total. The van der Waals surface area contributed by atoms with E-state index in [1.807, 2.05) is 13.8 Å². The molecule has 0 saturated heterocycles. The summed E-state index contributed by atoms with van der Waals surface area (Å²) in [4.78, 5) is 34.5. The van der Waals surface area contributed by atoms with E-state index in [1.165, 1.54) is 30.6 Å². The number of aromatic nitrogens is 4. The van der Waals surface area contributed by atoms with Crippen molar-refractivity contribution in [2.75, 3.05) is 5.32 Å². The van der Waals surface area contributed by atoms with Gasteiger partial charge in [-0.25, -0.2) is 19.3 Å². The van der Waals surface area contributed by atoms with Gasteiger partial charge in [0.2, 0.25) is 0 Å². The summed E-state index contributed by atoms with van der Waals surface area (Å²) in [5, 5.41) is 9.72. The zero-order valence-corrected chi connectivity index (χ0v) is 17.7. The summed E-state index contributed by atoms with van der Waals surface area (Å²) in [6.45, 7) is 3.88. The Balaban J connectivity index is 1.58. The fraction of sp³-hybridized carbons (Fsp3) is 0.286. The van der Waals surface area contributed by atoms with Gasteiger partial charge in [-0.3, -0.25) is 15.1 Å². The van der Waals surface area contributed by atoms with E-state index >= 15 is 0 Å². The predicted molar refractivity (Wildman–Crippen MR) is 114 cm³/mol. The minimum absolute atomic E-state index is 0.144. The third-order valence-electron chi connectivity index (χ3n) is 5.29. The van der Waals surface area contributed by atoms with Crippen LogP contribution in [0.2, 0.25) is 5.02 Å². The van der Waals surface area contributed by atoms with Crippen molar-refractivity contribution in [3.05, 3.63) is 69.2 Å². The van der Waals surface area contributed by atoms with E-state index < -0.39 is 5.82 Å². The Bertz CT molecular complexity index is 1200. The standard InChI is InChI=1S/C21H20ClFN6O2/c1-3-17-20-12(6-19(30)27-28-20)4-11(2)29(17)21(31)26-18-7-16(22)15(10-25-18)13-5-14(23)9-24-8-13/h5-11,17H,3-4H2,1-2H3,(H,27,30)(H,25,26,31). The maximum atomic E-state index is 13.5. The number of fused-ring (bicyclic) bond motifs is 1. The number of H-pyrrole nitrogens is 1. The van der Waals surface area contributed by atoms with Gasteiger partial charge in [0.25, 0.3) is 5.56 Å². The summed E-state index contributed by atoms with van der Waals surface area (Å²) in [5.74, 6) is -0.212. The molecule has 2 amide bonds. The highest BCUT2D eigenvalue weighted by molar-refractivity contribution is 6.33. The second-order valence-corrected chi connectivity index (χ2v) is 7.81. The molecule has 10 heteroatoms. The van der Waals surface area contributed by atoms with Crippen LogP contribution in [0.4, 0.5) is 15.0 Å². The van der Waals surface area contributed by atoms with Crippen molar-refractivity contribution in [2.45, 2.75) is 38.8 Å². The Morgan fingerprint density at radius 2 is 2.13 bits per heavy atom. The molecule has 0 saturated carbocycles. The maximum absolute atomic E-state index is 13.5. The number of anilines is 1. The lowest BCUT2D eigenvalue weighted by Gasteiger charge is -2.40. The lowest BCUT2D eigenvalue weighted by molar-refractivity contribution is 0.145. The summed E-state index contributed by atoms with van der Waals surface area (Å²) >= 11 is 6.35. The van der Waals surface area contributed by atoms with E-state index in [0.717, 1.165) is 11.8 Å². The van der Waals surface area contributed by atoms with Gasteiger partial charge < -0.3 is 4.90 Å². The average molecular weight is 443 g/mol. The van der Waals surface area contributed by atoms with Gasteiger partial charge in [-0.2, -0.15) is 5.10 Å². The number of aromatic amines is 1. The SMILES string of the molecule is CCC1c2n[nH]c(=O)cc2CC(C)N1C(=O)Nc1cc(Cl)c(-c2cncc(F)c2)cn1. The van der Waals surface area contributed by atoms with Crippen molar-refractivity contribution in [3.63, 3.8) is 0 Å². The molecule has 160 valence electrons. The second kappa shape index (κ2) is 8.43.